The van der Waals surface area contributed by atoms with Gasteiger partial charge in [-0.1, -0.05) is 66.2 Å². The van der Waals surface area contributed by atoms with Gasteiger partial charge >= 0.3 is 5.97 Å². The second-order valence-electron chi connectivity index (χ2n) is 7.42. The first-order chi connectivity index (χ1) is 13.7. The maximum atomic E-state index is 12.4. The SMILES string of the molecule is COC(=O)c1ccc(Cl)c2c1C1C=CCC1C(c1cccc3ccccc13)N2. The third-order valence-electron chi connectivity index (χ3n) is 6.03. The van der Waals surface area contributed by atoms with Crippen LogP contribution in [0.25, 0.3) is 10.8 Å². The van der Waals surface area contributed by atoms with Crippen molar-refractivity contribution in [3.8, 4) is 0 Å². The van der Waals surface area contributed by atoms with Crippen LogP contribution in [0.1, 0.15) is 39.9 Å². The number of halogens is 1. The largest absolute Gasteiger partial charge is 0.465 e. The molecule has 0 bridgehead atoms. The van der Waals surface area contributed by atoms with E-state index in [9.17, 15) is 4.79 Å². The molecule has 0 fully saturated rings. The number of esters is 1. The number of benzene rings is 3. The van der Waals surface area contributed by atoms with Crippen molar-refractivity contribution in [2.45, 2.75) is 18.4 Å². The molecule has 3 aromatic carbocycles. The lowest BCUT2D eigenvalue weighted by Gasteiger charge is -2.39. The lowest BCUT2D eigenvalue weighted by Crippen LogP contribution is -2.31. The number of anilines is 1. The molecule has 4 heteroatoms. The molecule has 140 valence electrons. The molecule has 0 radical (unpaired) electrons. The molecule has 3 atom stereocenters. The first kappa shape index (κ1) is 17.3. The van der Waals surface area contributed by atoms with Crippen molar-refractivity contribution in [2.24, 2.45) is 5.92 Å². The van der Waals surface area contributed by atoms with E-state index in [0.717, 1.165) is 17.7 Å². The minimum Gasteiger partial charge on any atom is -0.465 e. The van der Waals surface area contributed by atoms with Crippen LogP contribution < -0.4 is 5.32 Å². The Morgan fingerprint density at radius 3 is 2.79 bits per heavy atom. The molecule has 28 heavy (non-hydrogen) atoms. The summed E-state index contributed by atoms with van der Waals surface area (Å²) in [5.41, 5.74) is 3.65. The average Bonchev–Trinajstić information content (AvgIpc) is 3.23. The Labute approximate surface area is 169 Å². The molecule has 5 rings (SSSR count). The van der Waals surface area contributed by atoms with Crippen LogP contribution in [-0.4, -0.2) is 13.1 Å². The normalized spacial score (nSPS) is 22.4. The summed E-state index contributed by atoms with van der Waals surface area (Å²) in [6.07, 6.45) is 5.38. The Bertz CT molecular complexity index is 1120. The third kappa shape index (κ3) is 2.54. The number of nitrogens with one attached hydrogen (secondary N) is 1. The highest BCUT2D eigenvalue weighted by molar-refractivity contribution is 6.33. The van der Waals surface area contributed by atoms with Gasteiger partial charge in [-0.2, -0.15) is 0 Å². The van der Waals surface area contributed by atoms with Crippen LogP contribution in [0.4, 0.5) is 5.69 Å². The van der Waals surface area contributed by atoms with Crippen LogP contribution in [0.5, 0.6) is 0 Å². The van der Waals surface area contributed by atoms with Gasteiger partial charge in [-0.05, 0) is 46.4 Å². The monoisotopic (exact) mass is 389 g/mol. The molecule has 1 aliphatic carbocycles. The molecule has 0 aromatic heterocycles. The lowest BCUT2D eigenvalue weighted by molar-refractivity contribution is 0.0598. The highest BCUT2D eigenvalue weighted by Gasteiger charge is 2.41. The van der Waals surface area contributed by atoms with Gasteiger partial charge in [0.05, 0.1) is 29.4 Å². The van der Waals surface area contributed by atoms with Crippen molar-refractivity contribution < 1.29 is 9.53 Å². The highest BCUT2D eigenvalue weighted by Crippen LogP contribution is 2.53. The number of hydrogen-bond acceptors (Lipinski definition) is 3. The van der Waals surface area contributed by atoms with Crippen LogP contribution >= 0.6 is 11.6 Å². The maximum Gasteiger partial charge on any atom is 0.338 e. The number of carbonyl (C=O) groups is 1. The van der Waals surface area contributed by atoms with Gasteiger partial charge in [0.25, 0.3) is 0 Å². The molecule has 3 nitrogen and oxygen atoms in total. The van der Waals surface area contributed by atoms with E-state index in [1.807, 2.05) is 0 Å². The summed E-state index contributed by atoms with van der Waals surface area (Å²) in [6.45, 7) is 0. The molecule has 0 saturated carbocycles. The number of methoxy groups -OCH3 is 1. The summed E-state index contributed by atoms with van der Waals surface area (Å²) >= 11 is 6.58. The summed E-state index contributed by atoms with van der Waals surface area (Å²) in [5.74, 6) is 0.130. The minimum absolute atomic E-state index is 0.115. The van der Waals surface area contributed by atoms with Crippen LogP contribution in [-0.2, 0) is 4.74 Å². The van der Waals surface area contributed by atoms with E-state index in [4.69, 9.17) is 16.3 Å². The van der Waals surface area contributed by atoms with Crippen molar-refractivity contribution in [2.75, 3.05) is 12.4 Å². The van der Waals surface area contributed by atoms with Crippen LogP contribution in [0.3, 0.4) is 0 Å². The Morgan fingerprint density at radius 1 is 1.11 bits per heavy atom. The van der Waals surface area contributed by atoms with Gasteiger partial charge in [0.2, 0.25) is 0 Å². The molecular weight excluding hydrogens is 370 g/mol. The van der Waals surface area contributed by atoms with Crippen molar-refractivity contribution in [3.63, 3.8) is 0 Å². The second-order valence-corrected chi connectivity index (χ2v) is 7.83. The van der Waals surface area contributed by atoms with Gasteiger partial charge in [0.15, 0.2) is 0 Å². The van der Waals surface area contributed by atoms with E-state index >= 15 is 0 Å². The van der Waals surface area contributed by atoms with E-state index in [2.05, 4.69) is 59.9 Å². The average molecular weight is 390 g/mol. The van der Waals surface area contributed by atoms with Crippen LogP contribution in [0.15, 0.2) is 66.7 Å². The summed E-state index contributed by atoms with van der Waals surface area (Å²) in [5, 5.41) is 6.79. The zero-order valence-corrected chi connectivity index (χ0v) is 16.2. The predicted octanol–water partition coefficient (Wildman–Crippen LogP) is 6.11. The highest BCUT2D eigenvalue weighted by atomic mass is 35.5. The topological polar surface area (TPSA) is 38.3 Å². The van der Waals surface area contributed by atoms with E-state index in [1.54, 1.807) is 12.1 Å². The van der Waals surface area contributed by atoms with Crippen molar-refractivity contribution in [3.05, 3.63) is 88.5 Å². The van der Waals surface area contributed by atoms with Crippen molar-refractivity contribution in [1.29, 1.82) is 0 Å². The summed E-state index contributed by atoms with van der Waals surface area (Å²) in [7, 11) is 1.42. The fourth-order valence-corrected chi connectivity index (χ4v) is 5.01. The van der Waals surface area contributed by atoms with E-state index in [-0.39, 0.29) is 17.9 Å². The molecule has 3 unspecified atom stereocenters. The lowest BCUT2D eigenvalue weighted by atomic mass is 9.74. The standard InChI is InChI=1S/C24H20ClNO2/c1-28-24(27)19-12-13-20(25)23-21(19)16-9-5-11-18(16)22(26-23)17-10-4-7-14-6-2-3-8-15(14)17/h2-10,12-13,16,18,22,26H,11H2,1H3. The van der Waals surface area contributed by atoms with Crippen LogP contribution in [0.2, 0.25) is 5.02 Å². The van der Waals surface area contributed by atoms with Crippen molar-refractivity contribution >= 4 is 34.0 Å². The first-order valence-electron chi connectivity index (χ1n) is 9.50. The Morgan fingerprint density at radius 2 is 1.93 bits per heavy atom. The van der Waals surface area contributed by atoms with E-state index in [0.29, 0.717) is 16.5 Å². The number of fused-ring (bicyclic) bond motifs is 4. The number of allylic oxidation sites excluding steroid dienone is 2. The maximum absolute atomic E-state index is 12.4. The van der Waals surface area contributed by atoms with Gasteiger partial charge in [0, 0.05) is 5.92 Å². The number of carbonyl (C=O) groups excluding carboxylic acids is 1. The van der Waals surface area contributed by atoms with E-state index < -0.39 is 0 Å². The quantitative estimate of drug-likeness (QED) is 0.424. The third-order valence-corrected chi connectivity index (χ3v) is 6.35. The van der Waals surface area contributed by atoms with Gasteiger partial charge in [-0.15, -0.1) is 0 Å². The summed E-state index contributed by atoms with van der Waals surface area (Å²) in [4.78, 5) is 12.4. The fourth-order valence-electron chi connectivity index (χ4n) is 4.79. The fraction of sp³-hybridized carbons (Fsp3) is 0.208. The zero-order chi connectivity index (χ0) is 19.3. The molecular formula is C24H20ClNO2. The Hall–Kier alpha value is -2.78. The molecule has 2 aliphatic rings. The predicted molar refractivity (Wildman–Crippen MR) is 113 cm³/mol. The zero-order valence-electron chi connectivity index (χ0n) is 15.5. The first-order valence-corrected chi connectivity index (χ1v) is 9.88. The number of ether oxygens (including phenoxy) is 1. The molecule has 1 N–H and O–H groups in total. The molecule has 1 aliphatic heterocycles. The van der Waals surface area contributed by atoms with E-state index in [1.165, 1.54) is 23.4 Å². The molecule has 1 heterocycles. The van der Waals surface area contributed by atoms with Gasteiger partial charge in [-0.25, -0.2) is 4.79 Å². The number of hydrogen-bond donors (Lipinski definition) is 1. The summed E-state index contributed by atoms with van der Waals surface area (Å²) in [6, 6.07) is 18.6. The molecule has 0 amide bonds. The molecule has 3 aromatic rings. The van der Waals surface area contributed by atoms with Gasteiger partial charge in [-0.3, -0.25) is 0 Å². The molecule has 0 spiro atoms. The Kier molecular flexibility index (Phi) is 4.13. The van der Waals surface area contributed by atoms with Gasteiger partial charge < -0.3 is 10.1 Å². The molecule has 0 saturated heterocycles. The smallest absolute Gasteiger partial charge is 0.338 e. The summed E-state index contributed by atoms with van der Waals surface area (Å²) < 4.78 is 5.03. The van der Waals surface area contributed by atoms with Crippen molar-refractivity contribution in [1.82, 2.24) is 0 Å². The van der Waals surface area contributed by atoms with Gasteiger partial charge in [0.1, 0.15) is 0 Å². The second kappa shape index (κ2) is 6.68. The number of rotatable bonds is 2. The van der Waals surface area contributed by atoms with Crippen LogP contribution in [0, 0.1) is 5.92 Å². The minimum atomic E-state index is -0.322. The Balaban J connectivity index is 1.70.